The maximum atomic E-state index is 13.4. The highest BCUT2D eigenvalue weighted by Gasteiger charge is 2.27. The summed E-state index contributed by atoms with van der Waals surface area (Å²) in [5.74, 6) is 1.06. The number of nitrogens with zero attached hydrogens (tertiary/aromatic N) is 1. The van der Waals surface area contributed by atoms with Crippen molar-refractivity contribution in [2.45, 2.75) is 99.1 Å². The maximum absolute atomic E-state index is 13.4. The summed E-state index contributed by atoms with van der Waals surface area (Å²) in [6.45, 7) is 15.9. The zero-order valence-electron chi connectivity index (χ0n) is 22.2. The van der Waals surface area contributed by atoms with Gasteiger partial charge in [-0.15, -0.1) is 0 Å². The maximum Gasteiger partial charge on any atom is 0.253 e. The topological polar surface area (TPSA) is 65.2 Å². The molecule has 1 amide bonds. The van der Waals surface area contributed by atoms with Gasteiger partial charge in [0.25, 0.3) is 11.5 Å². The number of hydrogen-bond acceptors (Lipinski definition) is 3. The van der Waals surface area contributed by atoms with Crippen LogP contribution in [0, 0.1) is 26.7 Å². The van der Waals surface area contributed by atoms with Crippen LogP contribution in [0.25, 0.3) is 0 Å². The van der Waals surface area contributed by atoms with Crippen LogP contribution in [0.5, 0.6) is 0 Å². The van der Waals surface area contributed by atoms with Crippen LogP contribution in [-0.2, 0) is 6.54 Å². The van der Waals surface area contributed by atoms with Crippen LogP contribution in [0.1, 0.15) is 104 Å². The van der Waals surface area contributed by atoms with E-state index in [1.807, 2.05) is 26.0 Å². The average molecular weight is 466 g/mol. The highest BCUT2D eigenvalue weighted by Crippen LogP contribution is 2.35. The summed E-state index contributed by atoms with van der Waals surface area (Å²) in [6, 6.07) is 6.80. The monoisotopic (exact) mass is 465 g/mol. The molecule has 0 bridgehead atoms. The summed E-state index contributed by atoms with van der Waals surface area (Å²) >= 11 is 0. The van der Waals surface area contributed by atoms with Gasteiger partial charge in [0, 0.05) is 41.6 Å². The van der Waals surface area contributed by atoms with Crippen molar-refractivity contribution in [3.63, 3.8) is 0 Å². The first kappa shape index (κ1) is 26.1. The Hall–Kier alpha value is -2.56. The van der Waals surface area contributed by atoms with Gasteiger partial charge in [0.05, 0.1) is 0 Å². The van der Waals surface area contributed by atoms with Crippen LogP contribution >= 0.6 is 0 Å². The summed E-state index contributed by atoms with van der Waals surface area (Å²) in [6.07, 6.45) is 6.29. The Labute approximate surface area is 205 Å². The van der Waals surface area contributed by atoms with E-state index < -0.39 is 0 Å². The number of rotatable bonds is 8. The Morgan fingerprint density at radius 1 is 1.09 bits per heavy atom. The van der Waals surface area contributed by atoms with E-state index in [-0.39, 0.29) is 18.0 Å². The minimum atomic E-state index is -0.133. The van der Waals surface area contributed by atoms with E-state index in [9.17, 15) is 9.59 Å². The van der Waals surface area contributed by atoms with Gasteiger partial charge in [0.1, 0.15) is 0 Å². The molecule has 0 unspecified atom stereocenters. The molecule has 3 rings (SSSR count). The molecule has 1 aromatic heterocycles. The first-order valence-electron chi connectivity index (χ1n) is 13.0. The summed E-state index contributed by atoms with van der Waals surface area (Å²) < 4.78 is 0. The number of carbonyl (C=O) groups excluding carboxylic acids is 1. The standard InChI is InChI=1S/C29H43N3O2/c1-8-22-10-12-24(13-11-22)32(9-2)27-16-23(18(3)4)15-25(21(27)7)28(33)30-17-26-19(5)14-20(6)31-29(26)34/h14-16,18,22,24H,8-13,17H2,1-7H3,(H,30,33)(H,31,34). The third-order valence-corrected chi connectivity index (χ3v) is 7.72. The van der Waals surface area contributed by atoms with E-state index in [1.54, 1.807) is 0 Å². The van der Waals surface area contributed by atoms with Crippen molar-refractivity contribution in [1.82, 2.24) is 10.3 Å². The smallest absolute Gasteiger partial charge is 0.253 e. The van der Waals surface area contributed by atoms with Gasteiger partial charge < -0.3 is 15.2 Å². The quantitative estimate of drug-likeness (QED) is 0.491. The fraction of sp³-hybridized carbons (Fsp3) is 0.586. The molecule has 0 atom stereocenters. The van der Waals surface area contributed by atoms with Crippen LogP contribution in [0.3, 0.4) is 0 Å². The molecule has 1 saturated carbocycles. The Morgan fingerprint density at radius 2 is 1.76 bits per heavy atom. The molecular weight excluding hydrogens is 422 g/mol. The molecule has 2 N–H and O–H groups in total. The predicted octanol–water partition coefficient (Wildman–Crippen LogP) is 6.15. The van der Waals surface area contributed by atoms with Crippen molar-refractivity contribution in [3.05, 3.63) is 62.1 Å². The van der Waals surface area contributed by atoms with Gasteiger partial charge in [-0.3, -0.25) is 9.59 Å². The van der Waals surface area contributed by atoms with Gasteiger partial charge >= 0.3 is 0 Å². The number of benzene rings is 1. The molecule has 34 heavy (non-hydrogen) atoms. The van der Waals surface area contributed by atoms with Crippen molar-refractivity contribution >= 4 is 11.6 Å². The van der Waals surface area contributed by atoms with Crippen LogP contribution in [0.4, 0.5) is 5.69 Å². The number of aromatic nitrogens is 1. The van der Waals surface area contributed by atoms with Crippen molar-refractivity contribution in [3.8, 4) is 0 Å². The van der Waals surface area contributed by atoms with E-state index in [0.29, 0.717) is 23.1 Å². The van der Waals surface area contributed by atoms with Crippen LogP contribution in [0.15, 0.2) is 23.0 Å². The molecule has 186 valence electrons. The molecule has 0 radical (unpaired) electrons. The molecule has 0 spiro atoms. The molecule has 5 nitrogen and oxygen atoms in total. The normalized spacial score (nSPS) is 18.2. The Bertz CT molecular complexity index is 1060. The number of aryl methyl sites for hydroxylation is 2. The minimum absolute atomic E-state index is 0.119. The molecule has 1 aliphatic carbocycles. The van der Waals surface area contributed by atoms with Gasteiger partial charge in [-0.1, -0.05) is 27.2 Å². The second kappa shape index (κ2) is 11.2. The molecule has 2 aromatic rings. The zero-order chi connectivity index (χ0) is 25.0. The van der Waals surface area contributed by atoms with E-state index in [0.717, 1.165) is 29.3 Å². The zero-order valence-corrected chi connectivity index (χ0v) is 22.2. The predicted molar refractivity (Wildman–Crippen MR) is 142 cm³/mol. The summed E-state index contributed by atoms with van der Waals surface area (Å²) in [5, 5.41) is 3.02. The summed E-state index contributed by atoms with van der Waals surface area (Å²) in [5.41, 5.74) is 6.30. The van der Waals surface area contributed by atoms with Crippen molar-refractivity contribution in [2.75, 3.05) is 11.4 Å². The molecule has 5 heteroatoms. The van der Waals surface area contributed by atoms with E-state index >= 15 is 0 Å². The number of anilines is 1. The highest BCUT2D eigenvalue weighted by molar-refractivity contribution is 5.97. The highest BCUT2D eigenvalue weighted by atomic mass is 16.1. The molecule has 0 saturated heterocycles. The number of H-pyrrole nitrogens is 1. The first-order valence-corrected chi connectivity index (χ1v) is 13.0. The van der Waals surface area contributed by atoms with Crippen molar-refractivity contribution in [2.24, 2.45) is 5.92 Å². The lowest BCUT2D eigenvalue weighted by Crippen LogP contribution is -2.39. The molecule has 1 aliphatic rings. The Kier molecular flexibility index (Phi) is 8.62. The molecule has 1 aromatic carbocycles. The number of hydrogen-bond donors (Lipinski definition) is 2. The lowest BCUT2D eigenvalue weighted by Gasteiger charge is -2.39. The van der Waals surface area contributed by atoms with E-state index in [2.05, 4.69) is 55.9 Å². The molecule has 0 aliphatic heterocycles. The molecule has 1 heterocycles. The second-order valence-electron chi connectivity index (χ2n) is 10.4. The average Bonchev–Trinajstić information content (AvgIpc) is 2.80. The number of carbonyl (C=O) groups is 1. The first-order chi connectivity index (χ1) is 16.2. The van der Waals surface area contributed by atoms with Crippen LogP contribution in [0.2, 0.25) is 0 Å². The third kappa shape index (κ3) is 5.73. The molecular formula is C29H43N3O2. The van der Waals surface area contributed by atoms with Crippen molar-refractivity contribution < 1.29 is 4.79 Å². The number of aromatic amines is 1. The van der Waals surface area contributed by atoms with Gasteiger partial charge in [-0.05, 0) is 100 Å². The lowest BCUT2D eigenvalue weighted by molar-refractivity contribution is 0.0950. The summed E-state index contributed by atoms with van der Waals surface area (Å²) in [7, 11) is 0. The largest absolute Gasteiger partial charge is 0.369 e. The van der Waals surface area contributed by atoms with Crippen molar-refractivity contribution in [1.29, 1.82) is 0 Å². The van der Waals surface area contributed by atoms with Gasteiger partial charge in [0.15, 0.2) is 0 Å². The van der Waals surface area contributed by atoms with Gasteiger partial charge in [-0.25, -0.2) is 0 Å². The number of nitrogens with one attached hydrogen (secondary N) is 2. The number of amides is 1. The SMILES string of the molecule is CCC1CCC(N(CC)c2cc(C(C)C)cc(C(=O)NCc3c(C)cc(C)[nH]c3=O)c2C)CC1. The van der Waals surface area contributed by atoms with E-state index in [1.165, 1.54) is 43.4 Å². The fourth-order valence-electron chi connectivity index (χ4n) is 5.44. The molecule has 1 fully saturated rings. The number of pyridine rings is 1. The second-order valence-corrected chi connectivity index (χ2v) is 10.4. The van der Waals surface area contributed by atoms with Crippen LogP contribution < -0.4 is 15.8 Å². The Balaban J connectivity index is 1.90. The minimum Gasteiger partial charge on any atom is -0.369 e. The summed E-state index contributed by atoms with van der Waals surface area (Å²) in [4.78, 5) is 31.2. The third-order valence-electron chi connectivity index (χ3n) is 7.72. The van der Waals surface area contributed by atoms with E-state index in [4.69, 9.17) is 0 Å². The lowest BCUT2D eigenvalue weighted by atomic mass is 9.83. The fourth-order valence-corrected chi connectivity index (χ4v) is 5.44. The van der Waals surface area contributed by atoms with Gasteiger partial charge in [0.2, 0.25) is 0 Å². The van der Waals surface area contributed by atoms with Crippen LogP contribution in [-0.4, -0.2) is 23.5 Å². The Morgan fingerprint density at radius 3 is 2.32 bits per heavy atom. The van der Waals surface area contributed by atoms with Gasteiger partial charge in [-0.2, -0.15) is 0 Å².